The Balaban J connectivity index is 2.20. The molecular weight excluding hydrogens is 232 g/mol. The molecule has 3 aromatic rings. The zero-order valence-electron chi connectivity index (χ0n) is 11.0. The lowest BCUT2D eigenvalue weighted by Gasteiger charge is -2.08. The zero-order valence-corrected chi connectivity index (χ0v) is 11.0. The van der Waals surface area contributed by atoms with Crippen molar-refractivity contribution in [1.29, 1.82) is 0 Å². The maximum atomic E-state index is 4.60. The Labute approximate surface area is 113 Å². The van der Waals surface area contributed by atoms with Gasteiger partial charge in [-0.25, -0.2) is 4.98 Å². The third-order valence-electron chi connectivity index (χ3n) is 3.27. The SMILES string of the molecule is CCn1cnc(-c2ccccc2)c1-c1ccccc1. The molecule has 94 valence electrons. The van der Waals surface area contributed by atoms with Crippen LogP contribution in [0.3, 0.4) is 0 Å². The highest BCUT2D eigenvalue weighted by Crippen LogP contribution is 2.30. The van der Waals surface area contributed by atoms with Gasteiger partial charge in [0, 0.05) is 17.7 Å². The average Bonchev–Trinajstić information content (AvgIpc) is 2.93. The lowest BCUT2D eigenvalue weighted by Crippen LogP contribution is -1.95. The van der Waals surface area contributed by atoms with Gasteiger partial charge in [-0.05, 0) is 6.92 Å². The predicted molar refractivity (Wildman–Crippen MR) is 78.8 cm³/mol. The molecule has 1 heterocycles. The first-order valence-electron chi connectivity index (χ1n) is 6.56. The van der Waals surface area contributed by atoms with Crippen LogP contribution in [-0.4, -0.2) is 9.55 Å². The largest absolute Gasteiger partial charge is 0.330 e. The van der Waals surface area contributed by atoms with Crippen LogP contribution in [0.1, 0.15) is 6.92 Å². The van der Waals surface area contributed by atoms with Gasteiger partial charge in [0.1, 0.15) is 0 Å². The Morgan fingerprint density at radius 2 is 1.42 bits per heavy atom. The molecule has 2 heteroatoms. The van der Waals surface area contributed by atoms with Crippen molar-refractivity contribution >= 4 is 0 Å². The van der Waals surface area contributed by atoms with Crippen molar-refractivity contribution in [3.63, 3.8) is 0 Å². The summed E-state index contributed by atoms with van der Waals surface area (Å²) in [5, 5.41) is 0. The van der Waals surface area contributed by atoms with Crippen molar-refractivity contribution in [3.8, 4) is 22.5 Å². The van der Waals surface area contributed by atoms with E-state index < -0.39 is 0 Å². The second kappa shape index (κ2) is 5.11. The van der Waals surface area contributed by atoms with Crippen LogP contribution >= 0.6 is 0 Å². The molecule has 1 aromatic heterocycles. The molecular formula is C17H16N2. The first-order chi connectivity index (χ1) is 9.40. The Hall–Kier alpha value is -2.35. The molecule has 2 nitrogen and oxygen atoms in total. The van der Waals surface area contributed by atoms with Gasteiger partial charge in [0.25, 0.3) is 0 Å². The molecule has 0 bridgehead atoms. The van der Waals surface area contributed by atoms with E-state index in [9.17, 15) is 0 Å². The Bertz CT molecular complexity index is 654. The van der Waals surface area contributed by atoms with Gasteiger partial charge in [-0.15, -0.1) is 0 Å². The van der Waals surface area contributed by atoms with Crippen molar-refractivity contribution in [2.45, 2.75) is 13.5 Å². The van der Waals surface area contributed by atoms with Crippen molar-refractivity contribution in [2.24, 2.45) is 0 Å². The number of rotatable bonds is 3. The van der Waals surface area contributed by atoms with E-state index >= 15 is 0 Å². The standard InChI is InChI=1S/C17H16N2/c1-2-19-13-18-16(14-9-5-3-6-10-14)17(19)15-11-7-4-8-12-15/h3-13H,2H2,1H3. The van der Waals surface area contributed by atoms with E-state index in [1.54, 1.807) is 0 Å². The van der Waals surface area contributed by atoms with Crippen LogP contribution in [0.15, 0.2) is 67.0 Å². The summed E-state index contributed by atoms with van der Waals surface area (Å²) < 4.78 is 2.19. The van der Waals surface area contributed by atoms with Crippen LogP contribution in [0.5, 0.6) is 0 Å². The molecule has 0 radical (unpaired) electrons. The van der Waals surface area contributed by atoms with Gasteiger partial charge in [-0.1, -0.05) is 60.7 Å². The summed E-state index contributed by atoms with van der Waals surface area (Å²) in [5.41, 5.74) is 4.61. The minimum atomic E-state index is 0.921. The Morgan fingerprint density at radius 1 is 0.842 bits per heavy atom. The van der Waals surface area contributed by atoms with Crippen LogP contribution in [0, 0.1) is 0 Å². The van der Waals surface area contributed by atoms with Crippen LogP contribution in [-0.2, 0) is 6.54 Å². The van der Waals surface area contributed by atoms with Crippen molar-refractivity contribution in [2.75, 3.05) is 0 Å². The number of hydrogen-bond acceptors (Lipinski definition) is 1. The van der Waals surface area contributed by atoms with Crippen molar-refractivity contribution in [1.82, 2.24) is 9.55 Å². The molecule has 3 rings (SSSR count). The van der Waals surface area contributed by atoms with Crippen molar-refractivity contribution < 1.29 is 0 Å². The number of imidazole rings is 1. The summed E-state index contributed by atoms with van der Waals surface area (Å²) in [6, 6.07) is 20.8. The van der Waals surface area contributed by atoms with E-state index in [1.807, 2.05) is 18.5 Å². The summed E-state index contributed by atoms with van der Waals surface area (Å²) in [6.45, 7) is 3.06. The Morgan fingerprint density at radius 3 is 2.00 bits per heavy atom. The van der Waals surface area contributed by atoms with Gasteiger partial charge >= 0.3 is 0 Å². The van der Waals surface area contributed by atoms with Crippen LogP contribution in [0.4, 0.5) is 0 Å². The normalized spacial score (nSPS) is 10.6. The smallest absolute Gasteiger partial charge is 0.0963 e. The minimum Gasteiger partial charge on any atom is -0.330 e. The monoisotopic (exact) mass is 248 g/mol. The summed E-state index contributed by atoms with van der Waals surface area (Å²) in [5.74, 6) is 0. The van der Waals surface area contributed by atoms with E-state index in [0.29, 0.717) is 0 Å². The van der Waals surface area contributed by atoms with Gasteiger partial charge < -0.3 is 4.57 Å². The second-order valence-electron chi connectivity index (χ2n) is 4.46. The van der Waals surface area contributed by atoms with Gasteiger partial charge in [-0.3, -0.25) is 0 Å². The maximum absolute atomic E-state index is 4.60. The highest BCUT2D eigenvalue weighted by atomic mass is 15.1. The van der Waals surface area contributed by atoms with E-state index in [2.05, 4.69) is 65.0 Å². The summed E-state index contributed by atoms with van der Waals surface area (Å²) >= 11 is 0. The summed E-state index contributed by atoms with van der Waals surface area (Å²) in [6.07, 6.45) is 1.92. The number of nitrogens with zero attached hydrogens (tertiary/aromatic N) is 2. The minimum absolute atomic E-state index is 0.921. The molecule has 19 heavy (non-hydrogen) atoms. The van der Waals surface area contributed by atoms with Crippen LogP contribution in [0.2, 0.25) is 0 Å². The lowest BCUT2D eigenvalue weighted by atomic mass is 10.0. The van der Waals surface area contributed by atoms with Crippen LogP contribution < -0.4 is 0 Å². The highest BCUT2D eigenvalue weighted by Gasteiger charge is 2.13. The molecule has 0 fully saturated rings. The third-order valence-corrected chi connectivity index (χ3v) is 3.27. The molecule has 0 amide bonds. The highest BCUT2D eigenvalue weighted by molar-refractivity contribution is 5.78. The molecule has 0 saturated heterocycles. The first kappa shape index (κ1) is 11.7. The van der Waals surface area contributed by atoms with Crippen molar-refractivity contribution in [3.05, 3.63) is 67.0 Å². The second-order valence-corrected chi connectivity index (χ2v) is 4.46. The molecule has 0 saturated carbocycles. The number of hydrogen-bond donors (Lipinski definition) is 0. The topological polar surface area (TPSA) is 17.8 Å². The van der Waals surface area contributed by atoms with E-state index in [0.717, 1.165) is 17.8 Å². The van der Waals surface area contributed by atoms with E-state index in [4.69, 9.17) is 0 Å². The fourth-order valence-corrected chi connectivity index (χ4v) is 2.33. The number of aryl methyl sites for hydroxylation is 1. The average molecular weight is 248 g/mol. The number of benzene rings is 2. The summed E-state index contributed by atoms with van der Waals surface area (Å²) in [7, 11) is 0. The molecule has 0 aliphatic heterocycles. The van der Waals surface area contributed by atoms with Gasteiger partial charge in [0.2, 0.25) is 0 Å². The summed E-state index contributed by atoms with van der Waals surface area (Å²) in [4.78, 5) is 4.60. The third kappa shape index (κ3) is 2.17. The number of aromatic nitrogens is 2. The van der Waals surface area contributed by atoms with E-state index in [-0.39, 0.29) is 0 Å². The van der Waals surface area contributed by atoms with E-state index in [1.165, 1.54) is 11.3 Å². The zero-order chi connectivity index (χ0) is 13.1. The molecule has 0 spiro atoms. The predicted octanol–water partition coefficient (Wildman–Crippen LogP) is 4.24. The van der Waals surface area contributed by atoms with Gasteiger partial charge in [-0.2, -0.15) is 0 Å². The quantitative estimate of drug-likeness (QED) is 0.678. The first-order valence-corrected chi connectivity index (χ1v) is 6.56. The Kier molecular flexibility index (Phi) is 3.15. The van der Waals surface area contributed by atoms with Gasteiger partial charge in [0.15, 0.2) is 0 Å². The van der Waals surface area contributed by atoms with Crippen LogP contribution in [0.25, 0.3) is 22.5 Å². The molecule has 0 aliphatic carbocycles. The molecule has 0 unspecified atom stereocenters. The molecule has 0 aliphatic rings. The lowest BCUT2D eigenvalue weighted by molar-refractivity contribution is 0.769. The maximum Gasteiger partial charge on any atom is 0.0963 e. The van der Waals surface area contributed by atoms with Gasteiger partial charge in [0.05, 0.1) is 17.7 Å². The molecule has 0 atom stereocenters. The fraction of sp³-hybridized carbons (Fsp3) is 0.118. The molecule has 0 N–H and O–H groups in total. The fourth-order valence-electron chi connectivity index (χ4n) is 2.33. The molecule has 2 aromatic carbocycles.